The fourth-order valence-corrected chi connectivity index (χ4v) is 10.5. The van der Waals surface area contributed by atoms with Crippen LogP contribution in [0, 0.1) is 0 Å². The van der Waals surface area contributed by atoms with E-state index in [1.54, 1.807) is 0 Å². The summed E-state index contributed by atoms with van der Waals surface area (Å²) in [5.41, 5.74) is 14.8. The van der Waals surface area contributed by atoms with Gasteiger partial charge in [-0.3, -0.25) is 0 Å². The topological polar surface area (TPSA) is 11.4 Å². The zero-order chi connectivity index (χ0) is 45.7. The highest BCUT2D eigenvalue weighted by atomic mass is 15.2. The van der Waals surface area contributed by atoms with E-state index >= 15 is 0 Å². The van der Waals surface area contributed by atoms with Crippen LogP contribution in [0.4, 0.5) is 34.1 Å². The van der Waals surface area contributed by atoms with E-state index in [4.69, 9.17) is 0 Å². The van der Waals surface area contributed by atoms with Crippen molar-refractivity contribution in [3.05, 3.63) is 273 Å². The normalized spacial score (nSPS) is 11.5. The molecular weight excluding hydrogens is 835 g/mol. The number of hydrogen-bond acceptors (Lipinski definition) is 2. The molecule has 0 aliphatic carbocycles. The van der Waals surface area contributed by atoms with Gasteiger partial charge in [0.15, 0.2) is 0 Å². The van der Waals surface area contributed by atoms with Gasteiger partial charge in [0.1, 0.15) is 0 Å². The van der Waals surface area contributed by atoms with Gasteiger partial charge in [-0.15, -0.1) is 0 Å². The molecule has 0 bridgehead atoms. The van der Waals surface area contributed by atoms with Gasteiger partial charge in [0, 0.05) is 50.6 Å². The van der Waals surface area contributed by atoms with Crippen molar-refractivity contribution in [3.63, 3.8) is 0 Å². The molecule has 324 valence electrons. The third-order valence-electron chi connectivity index (χ3n) is 13.7. The summed E-state index contributed by atoms with van der Waals surface area (Å²) in [5, 5.41) is 9.96. The number of fused-ring (bicyclic) bond motifs is 9. The molecule has 0 amide bonds. The third kappa shape index (κ3) is 7.08. The first kappa shape index (κ1) is 40.1. The van der Waals surface area contributed by atoms with E-state index < -0.39 is 0 Å². The van der Waals surface area contributed by atoms with Crippen molar-refractivity contribution >= 4 is 88.2 Å². The summed E-state index contributed by atoms with van der Waals surface area (Å²) >= 11 is 0. The fourth-order valence-electron chi connectivity index (χ4n) is 10.5. The largest absolute Gasteiger partial charge is 0.310 e. The van der Waals surface area contributed by atoms with Crippen molar-refractivity contribution in [1.82, 2.24) is 4.57 Å². The van der Waals surface area contributed by atoms with Crippen LogP contribution in [0.15, 0.2) is 273 Å². The molecule has 0 fully saturated rings. The predicted octanol–water partition coefficient (Wildman–Crippen LogP) is 18.5. The molecule has 13 aromatic rings. The zero-order valence-corrected chi connectivity index (χ0v) is 37.8. The summed E-state index contributed by atoms with van der Waals surface area (Å²) in [6.45, 7) is 0. The standard InChI is InChI=1S/C66H45N3/c1-6-20-50(21-7-1)67(51-22-8-2-9-23-51)55-40-49(41-56(45-55)68(52-24-10-3-11-25-52)53-26-12-4-13-27-53)48-35-38-60-59-37-34-46(42-62(59)57-30-16-17-31-58(57)63(60)43-48)47-36-39-66-64(44-47)61-32-18-19-33-65(61)69(66)54-28-14-5-15-29-54/h1-45H. The third-order valence-corrected chi connectivity index (χ3v) is 13.7. The van der Waals surface area contributed by atoms with Gasteiger partial charge >= 0.3 is 0 Å². The number of aromatic nitrogens is 1. The van der Waals surface area contributed by atoms with E-state index in [1.165, 1.54) is 70.9 Å². The first-order chi connectivity index (χ1) is 34.2. The molecule has 0 aliphatic rings. The van der Waals surface area contributed by atoms with Crippen LogP contribution in [-0.2, 0) is 0 Å². The van der Waals surface area contributed by atoms with Crippen molar-refractivity contribution in [1.29, 1.82) is 0 Å². The lowest BCUT2D eigenvalue weighted by Crippen LogP contribution is -2.13. The summed E-state index contributed by atoms with van der Waals surface area (Å²) in [7, 11) is 0. The summed E-state index contributed by atoms with van der Waals surface area (Å²) in [4.78, 5) is 4.73. The Kier molecular flexibility index (Phi) is 9.84. The van der Waals surface area contributed by atoms with Gasteiger partial charge < -0.3 is 14.4 Å². The van der Waals surface area contributed by atoms with Gasteiger partial charge in [0.05, 0.1) is 11.0 Å². The lowest BCUT2D eigenvalue weighted by molar-refractivity contribution is 1.18. The number of nitrogens with zero attached hydrogens (tertiary/aromatic N) is 3. The first-order valence-electron chi connectivity index (χ1n) is 23.7. The number of anilines is 6. The SMILES string of the molecule is c1ccc(N(c2ccccc2)c2cc(-c3ccc4c5ccc(-c6ccc7c(c6)c6ccccc6n7-c6ccccc6)cc5c5ccccc5c4c3)cc(N(c3ccccc3)c3ccccc3)c2)cc1. The van der Waals surface area contributed by atoms with Crippen LogP contribution in [0.3, 0.4) is 0 Å². The minimum Gasteiger partial charge on any atom is -0.310 e. The number of para-hydroxylation sites is 6. The Morgan fingerprint density at radius 1 is 0.203 bits per heavy atom. The quantitative estimate of drug-likeness (QED) is 0.134. The second-order valence-electron chi connectivity index (χ2n) is 17.7. The minimum atomic E-state index is 1.07. The van der Waals surface area contributed by atoms with Gasteiger partial charge in [-0.2, -0.15) is 0 Å². The number of hydrogen-bond donors (Lipinski definition) is 0. The predicted molar refractivity (Wildman–Crippen MR) is 294 cm³/mol. The summed E-state index contributed by atoms with van der Waals surface area (Å²) in [6.07, 6.45) is 0. The molecule has 1 aromatic heterocycles. The molecule has 0 aliphatic heterocycles. The highest BCUT2D eigenvalue weighted by molar-refractivity contribution is 6.26. The number of benzene rings is 12. The van der Waals surface area contributed by atoms with E-state index in [0.29, 0.717) is 0 Å². The molecule has 12 aromatic carbocycles. The molecule has 3 heteroatoms. The highest BCUT2D eigenvalue weighted by Crippen LogP contribution is 2.45. The Morgan fingerprint density at radius 2 is 0.551 bits per heavy atom. The number of rotatable bonds is 9. The Morgan fingerprint density at radius 3 is 1.03 bits per heavy atom. The molecule has 13 rings (SSSR count). The van der Waals surface area contributed by atoms with Gasteiger partial charge in [0.25, 0.3) is 0 Å². The lowest BCUT2D eigenvalue weighted by atomic mass is 9.90. The fraction of sp³-hybridized carbons (Fsp3) is 0. The Hall–Kier alpha value is -9.18. The van der Waals surface area contributed by atoms with E-state index in [2.05, 4.69) is 287 Å². The van der Waals surface area contributed by atoms with Gasteiger partial charge in [-0.1, -0.05) is 164 Å². The van der Waals surface area contributed by atoms with Crippen molar-refractivity contribution < 1.29 is 0 Å². The molecular formula is C66H45N3. The van der Waals surface area contributed by atoms with E-state index in [9.17, 15) is 0 Å². The molecule has 0 unspecified atom stereocenters. The first-order valence-corrected chi connectivity index (χ1v) is 23.7. The molecule has 0 radical (unpaired) electrons. The van der Waals surface area contributed by atoms with Crippen molar-refractivity contribution in [2.45, 2.75) is 0 Å². The maximum Gasteiger partial charge on any atom is 0.0541 e. The zero-order valence-electron chi connectivity index (χ0n) is 37.8. The van der Waals surface area contributed by atoms with Crippen molar-refractivity contribution in [2.75, 3.05) is 9.80 Å². The molecule has 0 saturated heterocycles. The van der Waals surface area contributed by atoms with Gasteiger partial charge in [-0.05, 0) is 164 Å². The lowest BCUT2D eigenvalue weighted by Gasteiger charge is -2.30. The smallest absolute Gasteiger partial charge is 0.0541 e. The highest BCUT2D eigenvalue weighted by Gasteiger charge is 2.21. The van der Waals surface area contributed by atoms with Crippen LogP contribution in [0.1, 0.15) is 0 Å². The van der Waals surface area contributed by atoms with Crippen molar-refractivity contribution in [2.24, 2.45) is 0 Å². The van der Waals surface area contributed by atoms with E-state index in [1.807, 2.05) is 0 Å². The Balaban J connectivity index is 0.989. The van der Waals surface area contributed by atoms with Crippen LogP contribution in [0.25, 0.3) is 82.1 Å². The van der Waals surface area contributed by atoms with E-state index in [0.717, 1.165) is 45.3 Å². The monoisotopic (exact) mass is 879 g/mol. The minimum absolute atomic E-state index is 1.07. The molecule has 0 spiro atoms. The van der Waals surface area contributed by atoms with Crippen LogP contribution < -0.4 is 9.80 Å². The Labute approximate surface area is 401 Å². The van der Waals surface area contributed by atoms with Crippen LogP contribution in [-0.4, -0.2) is 4.57 Å². The van der Waals surface area contributed by atoms with Crippen LogP contribution in [0.5, 0.6) is 0 Å². The second-order valence-corrected chi connectivity index (χ2v) is 17.7. The maximum absolute atomic E-state index is 2.41. The van der Waals surface area contributed by atoms with Gasteiger partial charge in [-0.25, -0.2) is 0 Å². The molecule has 1 heterocycles. The van der Waals surface area contributed by atoms with Crippen molar-refractivity contribution in [3.8, 4) is 27.9 Å². The summed E-state index contributed by atoms with van der Waals surface area (Å²) < 4.78 is 2.38. The molecule has 0 saturated carbocycles. The molecule has 69 heavy (non-hydrogen) atoms. The van der Waals surface area contributed by atoms with Crippen LogP contribution in [0.2, 0.25) is 0 Å². The second kappa shape index (κ2) is 16.9. The summed E-state index contributed by atoms with van der Waals surface area (Å²) in [5.74, 6) is 0. The maximum atomic E-state index is 2.41. The molecule has 3 nitrogen and oxygen atoms in total. The average Bonchev–Trinajstić information content (AvgIpc) is 3.76. The van der Waals surface area contributed by atoms with Gasteiger partial charge in [0.2, 0.25) is 0 Å². The average molecular weight is 880 g/mol. The molecule has 0 atom stereocenters. The molecule has 0 N–H and O–H groups in total. The Bertz CT molecular complexity index is 3800. The van der Waals surface area contributed by atoms with Crippen LogP contribution >= 0.6 is 0 Å². The summed E-state index contributed by atoms with van der Waals surface area (Å²) in [6, 6.07) is 99.2. The van der Waals surface area contributed by atoms with E-state index in [-0.39, 0.29) is 0 Å².